The molecule has 0 saturated carbocycles. The third-order valence-electron chi connectivity index (χ3n) is 3.01. The van der Waals surface area contributed by atoms with E-state index in [0.717, 1.165) is 19.5 Å². The summed E-state index contributed by atoms with van der Waals surface area (Å²) in [6.45, 7) is 5.73. The molecule has 0 amide bonds. The molecule has 0 aromatic rings. The molecule has 3 heteroatoms. The molecule has 1 aliphatic rings. The van der Waals surface area contributed by atoms with Crippen LogP contribution in [0.4, 0.5) is 0 Å². The van der Waals surface area contributed by atoms with Gasteiger partial charge in [0.05, 0.1) is 0 Å². The van der Waals surface area contributed by atoms with Crippen molar-refractivity contribution in [1.82, 2.24) is 4.90 Å². The fraction of sp³-hybridized carbons (Fsp3) is 0.909. The molecule has 0 radical (unpaired) electrons. The predicted octanol–water partition coefficient (Wildman–Crippen LogP) is 1.97. The van der Waals surface area contributed by atoms with E-state index in [0.29, 0.717) is 12.3 Å². The maximum Gasteiger partial charge on any atom is 0.303 e. The minimum Gasteiger partial charge on any atom is -0.481 e. The summed E-state index contributed by atoms with van der Waals surface area (Å²) in [5, 5.41) is 8.57. The van der Waals surface area contributed by atoms with Gasteiger partial charge in [0.15, 0.2) is 0 Å². The van der Waals surface area contributed by atoms with Crippen molar-refractivity contribution in [2.24, 2.45) is 5.92 Å². The van der Waals surface area contributed by atoms with Gasteiger partial charge in [0.25, 0.3) is 0 Å². The molecule has 1 heterocycles. The van der Waals surface area contributed by atoms with Crippen LogP contribution in [0.1, 0.15) is 39.0 Å². The molecule has 0 aromatic heterocycles. The molecule has 1 fully saturated rings. The van der Waals surface area contributed by atoms with Crippen molar-refractivity contribution in [3.63, 3.8) is 0 Å². The zero-order chi connectivity index (χ0) is 10.4. The van der Waals surface area contributed by atoms with E-state index in [2.05, 4.69) is 11.8 Å². The molecule has 14 heavy (non-hydrogen) atoms. The van der Waals surface area contributed by atoms with Crippen molar-refractivity contribution >= 4 is 5.97 Å². The summed E-state index contributed by atoms with van der Waals surface area (Å²) in [4.78, 5) is 12.9. The lowest BCUT2D eigenvalue weighted by molar-refractivity contribution is -0.137. The van der Waals surface area contributed by atoms with Crippen LogP contribution in [-0.2, 0) is 4.79 Å². The Bertz CT molecular complexity index is 174. The zero-order valence-electron chi connectivity index (χ0n) is 9.04. The van der Waals surface area contributed by atoms with Crippen LogP contribution in [-0.4, -0.2) is 35.6 Å². The third-order valence-corrected chi connectivity index (χ3v) is 3.01. The molecule has 0 unspecified atom stereocenters. The molecule has 1 rings (SSSR count). The van der Waals surface area contributed by atoms with Gasteiger partial charge in [0.1, 0.15) is 0 Å². The van der Waals surface area contributed by atoms with Crippen LogP contribution in [0.25, 0.3) is 0 Å². The van der Waals surface area contributed by atoms with Gasteiger partial charge in [0.2, 0.25) is 0 Å². The SMILES string of the molecule is CCCN1CCC(CCC(=O)O)CC1. The first kappa shape index (κ1) is 11.5. The topological polar surface area (TPSA) is 40.5 Å². The minimum absolute atomic E-state index is 0.346. The molecule has 0 aromatic carbocycles. The monoisotopic (exact) mass is 199 g/mol. The largest absolute Gasteiger partial charge is 0.481 e. The van der Waals surface area contributed by atoms with Gasteiger partial charge in [-0.05, 0) is 51.2 Å². The van der Waals surface area contributed by atoms with Crippen molar-refractivity contribution < 1.29 is 9.90 Å². The van der Waals surface area contributed by atoms with Crippen molar-refractivity contribution in [3.8, 4) is 0 Å². The fourth-order valence-corrected chi connectivity index (χ4v) is 2.14. The van der Waals surface area contributed by atoms with Gasteiger partial charge in [-0.15, -0.1) is 0 Å². The first-order chi connectivity index (χ1) is 6.72. The van der Waals surface area contributed by atoms with Crippen LogP contribution in [0.5, 0.6) is 0 Å². The average Bonchev–Trinajstić information content (AvgIpc) is 2.17. The van der Waals surface area contributed by atoms with E-state index in [1.165, 1.54) is 25.8 Å². The highest BCUT2D eigenvalue weighted by Gasteiger charge is 2.18. The lowest BCUT2D eigenvalue weighted by Gasteiger charge is -2.31. The Kier molecular flexibility index (Phi) is 4.94. The Morgan fingerprint density at radius 2 is 2.07 bits per heavy atom. The lowest BCUT2D eigenvalue weighted by Crippen LogP contribution is -2.34. The van der Waals surface area contributed by atoms with E-state index < -0.39 is 5.97 Å². The van der Waals surface area contributed by atoms with Crippen LogP contribution in [0.2, 0.25) is 0 Å². The normalized spacial score (nSPS) is 19.8. The van der Waals surface area contributed by atoms with Gasteiger partial charge >= 0.3 is 5.97 Å². The summed E-state index contributed by atoms with van der Waals surface area (Å²) in [7, 11) is 0. The molecule has 0 aliphatic carbocycles. The highest BCUT2D eigenvalue weighted by atomic mass is 16.4. The smallest absolute Gasteiger partial charge is 0.303 e. The number of carboxylic acid groups (broad SMARTS) is 1. The Morgan fingerprint density at radius 3 is 2.57 bits per heavy atom. The van der Waals surface area contributed by atoms with Gasteiger partial charge in [0, 0.05) is 6.42 Å². The van der Waals surface area contributed by atoms with E-state index in [-0.39, 0.29) is 0 Å². The summed E-state index contributed by atoms with van der Waals surface area (Å²) in [6, 6.07) is 0. The Morgan fingerprint density at radius 1 is 1.43 bits per heavy atom. The number of aliphatic carboxylic acids is 1. The third kappa shape index (κ3) is 4.09. The number of carboxylic acids is 1. The Balaban J connectivity index is 2.12. The molecule has 1 N–H and O–H groups in total. The number of likely N-dealkylation sites (tertiary alicyclic amines) is 1. The lowest BCUT2D eigenvalue weighted by atomic mass is 9.92. The maximum absolute atomic E-state index is 10.4. The molecule has 0 bridgehead atoms. The summed E-state index contributed by atoms with van der Waals surface area (Å²) in [6.07, 6.45) is 4.81. The standard InChI is InChI=1S/C11H21NO2/c1-2-7-12-8-5-10(6-9-12)3-4-11(13)14/h10H,2-9H2,1H3,(H,13,14). The Labute approximate surface area is 86.1 Å². The molecule has 1 aliphatic heterocycles. The van der Waals surface area contributed by atoms with Crippen molar-refractivity contribution in [2.75, 3.05) is 19.6 Å². The number of rotatable bonds is 5. The zero-order valence-corrected chi connectivity index (χ0v) is 9.04. The summed E-state index contributed by atoms with van der Waals surface area (Å²) in [5.74, 6) is 0.000180. The Hall–Kier alpha value is -0.570. The molecule has 0 atom stereocenters. The van der Waals surface area contributed by atoms with Gasteiger partial charge in [-0.2, -0.15) is 0 Å². The van der Waals surface area contributed by atoms with Crippen LogP contribution >= 0.6 is 0 Å². The van der Waals surface area contributed by atoms with Crippen LogP contribution < -0.4 is 0 Å². The van der Waals surface area contributed by atoms with Gasteiger partial charge < -0.3 is 10.0 Å². The molecular weight excluding hydrogens is 178 g/mol. The highest BCUT2D eigenvalue weighted by Crippen LogP contribution is 2.21. The quantitative estimate of drug-likeness (QED) is 0.736. The predicted molar refractivity (Wildman–Crippen MR) is 56.3 cm³/mol. The number of hydrogen-bond donors (Lipinski definition) is 1. The second-order valence-corrected chi connectivity index (χ2v) is 4.22. The number of nitrogens with zero attached hydrogens (tertiary/aromatic N) is 1. The van der Waals surface area contributed by atoms with E-state index in [1.807, 2.05) is 0 Å². The number of hydrogen-bond acceptors (Lipinski definition) is 2. The van der Waals surface area contributed by atoms with Gasteiger partial charge in [-0.3, -0.25) is 4.79 Å². The average molecular weight is 199 g/mol. The molecular formula is C11H21NO2. The van der Waals surface area contributed by atoms with Crippen molar-refractivity contribution in [1.29, 1.82) is 0 Å². The van der Waals surface area contributed by atoms with Gasteiger partial charge in [-0.1, -0.05) is 6.92 Å². The number of carbonyl (C=O) groups is 1. The summed E-state index contributed by atoms with van der Waals surface area (Å²) < 4.78 is 0. The number of piperidine rings is 1. The van der Waals surface area contributed by atoms with Crippen LogP contribution in [0.15, 0.2) is 0 Å². The van der Waals surface area contributed by atoms with Crippen LogP contribution in [0.3, 0.4) is 0 Å². The highest BCUT2D eigenvalue weighted by molar-refractivity contribution is 5.66. The second kappa shape index (κ2) is 6.02. The first-order valence-electron chi connectivity index (χ1n) is 5.66. The fourth-order valence-electron chi connectivity index (χ4n) is 2.14. The minimum atomic E-state index is -0.652. The van der Waals surface area contributed by atoms with Gasteiger partial charge in [-0.25, -0.2) is 0 Å². The van der Waals surface area contributed by atoms with E-state index in [4.69, 9.17) is 5.11 Å². The van der Waals surface area contributed by atoms with Crippen molar-refractivity contribution in [2.45, 2.75) is 39.0 Å². The van der Waals surface area contributed by atoms with Crippen molar-refractivity contribution in [3.05, 3.63) is 0 Å². The second-order valence-electron chi connectivity index (χ2n) is 4.22. The summed E-state index contributed by atoms with van der Waals surface area (Å²) >= 11 is 0. The summed E-state index contributed by atoms with van der Waals surface area (Å²) in [5.41, 5.74) is 0. The van der Waals surface area contributed by atoms with Crippen LogP contribution in [0, 0.1) is 5.92 Å². The van der Waals surface area contributed by atoms with E-state index in [9.17, 15) is 4.79 Å². The molecule has 82 valence electrons. The molecule has 0 spiro atoms. The molecule has 3 nitrogen and oxygen atoms in total. The molecule has 1 saturated heterocycles. The maximum atomic E-state index is 10.4. The van der Waals surface area contributed by atoms with E-state index >= 15 is 0 Å². The first-order valence-corrected chi connectivity index (χ1v) is 5.66. The van der Waals surface area contributed by atoms with E-state index in [1.54, 1.807) is 0 Å².